The van der Waals surface area contributed by atoms with Gasteiger partial charge in [-0.3, -0.25) is 13.9 Å². The lowest BCUT2D eigenvalue weighted by molar-refractivity contribution is -0.140. The van der Waals surface area contributed by atoms with Crippen molar-refractivity contribution in [3.8, 4) is 5.75 Å². The van der Waals surface area contributed by atoms with Crippen LogP contribution in [0.5, 0.6) is 5.75 Å². The zero-order valence-electron chi connectivity index (χ0n) is 22.9. The predicted molar refractivity (Wildman–Crippen MR) is 158 cm³/mol. The van der Waals surface area contributed by atoms with Gasteiger partial charge in [-0.05, 0) is 68.3 Å². The van der Waals surface area contributed by atoms with Gasteiger partial charge < -0.3 is 15.0 Å². The van der Waals surface area contributed by atoms with Gasteiger partial charge in [0.15, 0.2) is 0 Å². The summed E-state index contributed by atoms with van der Waals surface area (Å²) in [6.45, 7) is 5.30. The summed E-state index contributed by atoms with van der Waals surface area (Å²) in [7, 11) is -2.67. The molecule has 0 saturated heterocycles. The molecule has 11 heteroatoms. The molecule has 0 aliphatic heterocycles. The number of nitrogens with zero attached hydrogens (tertiary/aromatic N) is 2. The monoisotopic (exact) mass is 605 g/mol. The highest BCUT2D eigenvalue weighted by molar-refractivity contribution is 7.92. The Kier molecular flexibility index (Phi) is 10.8. The van der Waals surface area contributed by atoms with Crippen LogP contribution in [-0.4, -0.2) is 51.4 Å². The van der Waals surface area contributed by atoms with Gasteiger partial charge in [0.2, 0.25) is 11.8 Å². The molecule has 0 aromatic heterocycles. The highest BCUT2D eigenvalue weighted by atomic mass is 35.5. The third-order valence-electron chi connectivity index (χ3n) is 6.30. The van der Waals surface area contributed by atoms with Crippen molar-refractivity contribution in [2.75, 3.05) is 24.5 Å². The van der Waals surface area contributed by atoms with E-state index in [0.717, 1.165) is 15.4 Å². The fourth-order valence-electron chi connectivity index (χ4n) is 4.19. The van der Waals surface area contributed by atoms with Crippen LogP contribution in [0.4, 0.5) is 5.69 Å². The van der Waals surface area contributed by atoms with Crippen LogP contribution in [0, 0.1) is 6.92 Å². The van der Waals surface area contributed by atoms with Gasteiger partial charge in [0.1, 0.15) is 18.3 Å². The summed E-state index contributed by atoms with van der Waals surface area (Å²) in [5, 5.41) is 3.16. The number of nitrogens with one attached hydrogen (secondary N) is 1. The number of amides is 2. The van der Waals surface area contributed by atoms with Crippen molar-refractivity contribution in [2.45, 2.75) is 44.7 Å². The van der Waals surface area contributed by atoms with E-state index in [-0.39, 0.29) is 33.1 Å². The minimum Gasteiger partial charge on any atom is -0.497 e. The number of ether oxygens (including phenoxy) is 1. The molecule has 1 unspecified atom stereocenters. The molecule has 214 valence electrons. The average molecular weight is 607 g/mol. The Morgan fingerprint density at radius 1 is 0.975 bits per heavy atom. The number of carbonyl (C=O) groups excluding carboxylic acids is 2. The number of anilines is 1. The van der Waals surface area contributed by atoms with Gasteiger partial charge in [-0.15, -0.1) is 0 Å². The maximum absolute atomic E-state index is 14.0. The number of rotatable bonds is 12. The van der Waals surface area contributed by atoms with Gasteiger partial charge in [0.25, 0.3) is 10.0 Å². The molecule has 1 atom stereocenters. The van der Waals surface area contributed by atoms with Crippen molar-refractivity contribution >= 4 is 50.7 Å². The van der Waals surface area contributed by atoms with E-state index in [1.54, 1.807) is 44.2 Å². The van der Waals surface area contributed by atoms with Crippen molar-refractivity contribution in [2.24, 2.45) is 0 Å². The standard InChI is InChI=1S/C29H33Cl2N3O5S/c1-5-27(29(36)32-6-2)33(18-21-8-7-9-23(16-21)39-4)28(35)19-34(22-12-15-25(30)26(31)17-22)40(37,38)24-13-10-20(3)11-14-24/h7-17,27H,5-6,18-19H2,1-4H3,(H,32,36). The summed E-state index contributed by atoms with van der Waals surface area (Å²) < 4.78 is 34.1. The molecule has 3 aromatic rings. The molecule has 2 amide bonds. The van der Waals surface area contributed by atoms with Gasteiger partial charge in [-0.2, -0.15) is 0 Å². The third kappa shape index (κ3) is 7.47. The second-order valence-electron chi connectivity index (χ2n) is 9.11. The fraction of sp³-hybridized carbons (Fsp3) is 0.310. The lowest BCUT2D eigenvalue weighted by Crippen LogP contribution is -2.52. The summed E-state index contributed by atoms with van der Waals surface area (Å²) in [5.41, 5.74) is 1.77. The van der Waals surface area contributed by atoms with E-state index in [1.807, 2.05) is 13.0 Å². The van der Waals surface area contributed by atoms with E-state index in [0.29, 0.717) is 18.7 Å². The van der Waals surface area contributed by atoms with Crippen molar-refractivity contribution in [1.29, 1.82) is 0 Å². The number of likely N-dealkylation sites (N-methyl/N-ethyl adjacent to an activating group) is 1. The van der Waals surface area contributed by atoms with Crippen LogP contribution in [0.15, 0.2) is 71.6 Å². The van der Waals surface area contributed by atoms with Crippen LogP contribution >= 0.6 is 23.2 Å². The van der Waals surface area contributed by atoms with Gasteiger partial charge >= 0.3 is 0 Å². The molecule has 1 N–H and O–H groups in total. The zero-order chi connectivity index (χ0) is 29.4. The number of aryl methyl sites for hydroxylation is 1. The number of halogens is 2. The highest BCUT2D eigenvalue weighted by Crippen LogP contribution is 2.31. The van der Waals surface area contributed by atoms with E-state index in [4.69, 9.17) is 27.9 Å². The molecule has 8 nitrogen and oxygen atoms in total. The first-order valence-electron chi connectivity index (χ1n) is 12.8. The Balaban J connectivity index is 2.09. The van der Waals surface area contributed by atoms with Crippen molar-refractivity contribution < 1.29 is 22.7 Å². The lowest BCUT2D eigenvalue weighted by atomic mass is 10.1. The number of carbonyl (C=O) groups is 2. The molecular formula is C29H33Cl2N3O5S. The largest absolute Gasteiger partial charge is 0.497 e. The Morgan fingerprint density at radius 3 is 2.27 bits per heavy atom. The quantitative estimate of drug-likeness (QED) is 0.296. The van der Waals surface area contributed by atoms with E-state index >= 15 is 0 Å². The fourth-order valence-corrected chi connectivity index (χ4v) is 5.88. The first-order chi connectivity index (χ1) is 19.0. The highest BCUT2D eigenvalue weighted by Gasteiger charge is 2.33. The maximum Gasteiger partial charge on any atom is 0.264 e. The minimum absolute atomic E-state index is 0.00656. The number of hydrogen-bond donors (Lipinski definition) is 1. The van der Waals surface area contributed by atoms with Gasteiger partial charge in [-0.25, -0.2) is 8.42 Å². The predicted octanol–water partition coefficient (Wildman–Crippen LogP) is 5.45. The molecule has 0 saturated carbocycles. The summed E-state index contributed by atoms with van der Waals surface area (Å²) in [6.07, 6.45) is 0.318. The number of hydrogen-bond acceptors (Lipinski definition) is 5. The Bertz CT molecular complexity index is 1450. The Morgan fingerprint density at radius 2 is 1.68 bits per heavy atom. The SMILES string of the molecule is CCNC(=O)C(CC)N(Cc1cccc(OC)c1)C(=O)CN(c1ccc(Cl)c(Cl)c1)S(=O)(=O)c1ccc(C)cc1. The minimum atomic E-state index is -4.21. The third-order valence-corrected chi connectivity index (χ3v) is 8.83. The molecule has 0 heterocycles. The number of sulfonamides is 1. The van der Waals surface area contributed by atoms with Gasteiger partial charge in [-0.1, -0.05) is 60.0 Å². The van der Waals surface area contributed by atoms with Crippen LogP contribution in [0.1, 0.15) is 31.4 Å². The van der Waals surface area contributed by atoms with Crippen molar-refractivity contribution in [1.82, 2.24) is 10.2 Å². The zero-order valence-corrected chi connectivity index (χ0v) is 25.2. The second kappa shape index (κ2) is 13.9. The van der Waals surface area contributed by atoms with Crippen LogP contribution in [0.25, 0.3) is 0 Å². The van der Waals surface area contributed by atoms with E-state index in [9.17, 15) is 18.0 Å². The van der Waals surface area contributed by atoms with Crippen molar-refractivity contribution in [3.05, 3.63) is 87.9 Å². The van der Waals surface area contributed by atoms with E-state index in [1.165, 1.54) is 42.3 Å². The summed E-state index contributed by atoms with van der Waals surface area (Å²) in [5.74, 6) is -0.304. The molecular weight excluding hydrogens is 573 g/mol. The normalized spacial score (nSPS) is 11.9. The van der Waals surface area contributed by atoms with Crippen LogP contribution in [0.3, 0.4) is 0 Å². The van der Waals surface area contributed by atoms with E-state index < -0.39 is 28.5 Å². The lowest BCUT2D eigenvalue weighted by Gasteiger charge is -2.33. The van der Waals surface area contributed by atoms with Crippen LogP contribution in [-0.2, 0) is 26.2 Å². The molecule has 3 rings (SSSR count). The smallest absolute Gasteiger partial charge is 0.264 e. The molecule has 0 fully saturated rings. The molecule has 3 aromatic carbocycles. The number of methoxy groups -OCH3 is 1. The van der Waals surface area contributed by atoms with Crippen LogP contribution < -0.4 is 14.4 Å². The second-order valence-corrected chi connectivity index (χ2v) is 11.8. The first-order valence-corrected chi connectivity index (χ1v) is 15.0. The number of benzene rings is 3. The molecule has 0 bridgehead atoms. The molecule has 0 aliphatic carbocycles. The maximum atomic E-state index is 14.0. The first kappa shape index (κ1) is 31.3. The summed E-state index contributed by atoms with van der Waals surface area (Å²) in [4.78, 5) is 28.5. The molecule has 0 spiro atoms. The molecule has 0 aliphatic rings. The topological polar surface area (TPSA) is 96.0 Å². The summed E-state index contributed by atoms with van der Waals surface area (Å²) in [6, 6.07) is 17.0. The Hall–Kier alpha value is -3.27. The van der Waals surface area contributed by atoms with Gasteiger partial charge in [0.05, 0.1) is 27.7 Å². The van der Waals surface area contributed by atoms with Crippen LogP contribution in [0.2, 0.25) is 10.0 Å². The molecule has 40 heavy (non-hydrogen) atoms. The van der Waals surface area contributed by atoms with E-state index in [2.05, 4.69) is 5.32 Å². The van der Waals surface area contributed by atoms with Crippen molar-refractivity contribution in [3.63, 3.8) is 0 Å². The average Bonchev–Trinajstić information content (AvgIpc) is 2.93. The Labute approximate surface area is 245 Å². The van der Waals surface area contributed by atoms with Gasteiger partial charge in [0, 0.05) is 13.1 Å². The summed E-state index contributed by atoms with van der Waals surface area (Å²) >= 11 is 12.3. The molecule has 0 radical (unpaired) electrons.